The first kappa shape index (κ1) is 44.0. The molecule has 0 fully saturated rings. The second-order valence-corrected chi connectivity index (χ2v) is 21.3. The topological polar surface area (TPSA) is 16.4 Å². The maximum Gasteiger partial charge on any atom is 0.143 e. The van der Waals surface area contributed by atoms with E-state index in [4.69, 9.17) is 4.42 Å². The van der Waals surface area contributed by atoms with E-state index in [1.54, 1.807) is 0 Å². The first-order chi connectivity index (χ1) is 34.5. The van der Waals surface area contributed by atoms with E-state index in [0.717, 1.165) is 50.1 Å². The number of nitrogens with zero attached hydrogens (tertiary/aromatic N) is 1. The van der Waals surface area contributed by atoms with Gasteiger partial charge in [0, 0.05) is 33.3 Å². The van der Waals surface area contributed by atoms with E-state index < -0.39 is 5.41 Å². The van der Waals surface area contributed by atoms with E-state index in [1.165, 1.54) is 66.8 Å². The van der Waals surface area contributed by atoms with Gasteiger partial charge in [0.2, 0.25) is 0 Å². The molecule has 71 heavy (non-hydrogen) atoms. The van der Waals surface area contributed by atoms with Crippen LogP contribution in [0.4, 0.5) is 17.1 Å². The lowest BCUT2D eigenvalue weighted by Crippen LogP contribution is -2.30. The van der Waals surface area contributed by atoms with Crippen molar-refractivity contribution in [2.45, 2.75) is 57.8 Å². The van der Waals surface area contributed by atoms with E-state index in [0.29, 0.717) is 0 Å². The Kier molecular flexibility index (Phi) is 10.6. The van der Waals surface area contributed by atoms with E-state index in [1.807, 2.05) is 6.07 Å². The Labute approximate surface area is 418 Å². The van der Waals surface area contributed by atoms with Crippen molar-refractivity contribution in [3.63, 3.8) is 0 Å². The fourth-order valence-corrected chi connectivity index (χ4v) is 11.1. The molecule has 0 radical (unpaired) electrons. The summed E-state index contributed by atoms with van der Waals surface area (Å²) in [6, 6.07) is 87.4. The highest BCUT2D eigenvalue weighted by Gasteiger charge is 2.48. The largest absolute Gasteiger partial charge is 0.455 e. The van der Waals surface area contributed by atoms with Gasteiger partial charge in [0.25, 0.3) is 0 Å². The summed E-state index contributed by atoms with van der Waals surface area (Å²) in [7, 11) is 0. The summed E-state index contributed by atoms with van der Waals surface area (Å²) in [5.41, 5.74) is 21.5. The van der Waals surface area contributed by atoms with Crippen LogP contribution in [-0.4, -0.2) is 0 Å². The molecule has 0 aliphatic heterocycles. The Balaban J connectivity index is 1.10. The number of hydrogen-bond donors (Lipinski definition) is 0. The zero-order chi connectivity index (χ0) is 48.5. The third-order valence-corrected chi connectivity index (χ3v) is 14.9. The first-order valence-corrected chi connectivity index (χ1v) is 25.0. The van der Waals surface area contributed by atoms with Gasteiger partial charge < -0.3 is 9.32 Å². The van der Waals surface area contributed by atoms with Crippen LogP contribution in [0, 0.1) is 0 Å². The molecule has 0 atom stereocenters. The zero-order valence-corrected chi connectivity index (χ0v) is 41.4. The molecule has 11 aromatic rings. The first-order valence-electron chi connectivity index (χ1n) is 25.0. The van der Waals surface area contributed by atoms with Gasteiger partial charge in [-0.05, 0) is 114 Å². The van der Waals surface area contributed by atoms with Gasteiger partial charge in [-0.25, -0.2) is 0 Å². The normalized spacial score (nSPS) is 13.0. The third-order valence-electron chi connectivity index (χ3n) is 14.9. The van der Waals surface area contributed by atoms with Crippen molar-refractivity contribution < 1.29 is 4.42 Å². The lowest BCUT2D eigenvalue weighted by atomic mass is 9.66. The highest BCUT2D eigenvalue weighted by atomic mass is 16.3. The summed E-state index contributed by atoms with van der Waals surface area (Å²) in [5.74, 6) is 0. The molecule has 1 aliphatic carbocycles. The number of para-hydroxylation sites is 2. The maximum atomic E-state index is 6.57. The highest BCUT2D eigenvalue weighted by molar-refractivity contribution is 6.09. The quantitative estimate of drug-likeness (QED) is 0.151. The molecular formula is C69H57NO. The van der Waals surface area contributed by atoms with Crippen molar-refractivity contribution in [2.75, 3.05) is 4.90 Å². The van der Waals surface area contributed by atoms with Crippen LogP contribution in [0.5, 0.6) is 0 Å². The van der Waals surface area contributed by atoms with Gasteiger partial charge in [-0.3, -0.25) is 0 Å². The SMILES string of the molecule is CC(C)(C)c1ccc2c(c1)C(c1ccccc1)(c1ccccc1)c1cc(C(C)(C)C)cc(N(c3ccc(-c4ccc(-c5ccccc5)cc4)cc3)c3ccc(-c4cccc5c4oc4ccccc45)cc3)c1-2. The van der Waals surface area contributed by atoms with Gasteiger partial charge in [0.05, 0.1) is 11.1 Å². The van der Waals surface area contributed by atoms with Crippen LogP contribution in [-0.2, 0) is 16.2 Å². The summed E-state index contributed by atoms with van der Waals surface area (Å²) in [6.07, 6.45) is 0. The lowest BCUT2D eigenvalue weighted by molar-refractivity contribution is 0.586. The van der Waals surface area contributed by atoms with E-state index >= 15 is 0 Å². The standard InChI is InChI=1S/C69H57NO/c1-67(2,3)53-37-42-60-61(43-53)69(51-21-12-8-13-22-51,52-23-14-9-15-24-52)62-44-54(68(4,5)6)45-63(65(60)62)70(55-38-33-49(34-39-55)48-31-29-47(30-32-48)46-19-10-7-11-20-46)56-40-35-50(36-41-56)57-26-18-27-59-58-25-16-17-28-64(58)71-66(57)59/h7-45H,1-6H3. The molecule has 0 N–H and O–H groups in total. The molecule has 0 bridgehead atoms. The van der Waals surface area contributed by atoms with Gasteiger partial charge in [-0.2, -0.15) is 0 Å². The molecule has 2 nitrogen and oxygen atoms in total. The Morgan fingerprint density at radius 3 is 1.42 bits per heavy atom. The molecule has 1 aliphatic rings. The Morgan fingerprint density at radius 2 is 0.845 bits per heavy atom. The average molecular weight is 916 g/mol. The summed E-state index contributed by atoms with van der Waals surface area (Å²) < 4.78 is 6.57. The molecule has 0 amide bonds. The number of hydrogen-bond acceptors (Lipinski definition) is 2. The van der Waals surface area contributed by atoms with E-state index in [-0.39, 0.29) is 10.8 Å². The summed E-state index contributed by atoms with van der Waals surface area (Å²) in [4.78, 5) is 2.51. The maximum absolute atomic E-state index is 6.57. The van der Waals surface area contributed by atoms with Gasteiger partial charge in [-0.1, -0.05) is 242 Å². The van der Waals surface area contributed by atoms with Crippen LogP contribution in [0.25, 0.3) is 66.4 Å². The van der Waals surface area contributed by atoms with Crippen LogP contribution >= 0.6 is 0 Å². The van der Waals surface area contributed by atoms with Gasteiger partial charge >= 0.3 is 0 Å². The molecule has 0 saturated carbocycles. The van der Waals surface area contributed by atoms with Crippen LogP contribution in [0.2, 0.25) is 0 Å². The van der Waals surface area contributed by atoms with Crippen molar-refractivity contribution in [1.29, 1.82) is 0 Å². The molecule has 0 saturated heterocycles. The fourth-order valence-electron chi connectivity index (χ4n) is 11.1. The van der Waals surface area contributed by atoms with Crippen molar-refractivity contribution in [3.8, 4) is 44.5 Å². The van der Waals surface area contributed by atoms with Crippen LogP contribution in [0.1, 0.15) is 74.9 Å². The lowest BCUT2D eigenvalue weighted by Gasteiger charge is -2.36. The second kappa shape index (κ2) is 17.0. The van der Waals surface area contributed by atoms with Crippen LogP contribution in [0.15, 0.2) is 241 Å². The predicted molar refractivity (Wildman–Crippen MR) is 299 cm³/mol. The number of rotatable bonds is 8. The molecule has 2 heteroatoms. The molecule has 10 aromatic carbocycles. The molecule has 1 aromatic heterocycles. The smallest absolute Gasteiger partial charge is 0.143 e. The van der Waals surface area contributed by atoms with Crippen molar-refractivity contribution >= 4 is 39.0 Å². The number of anilines is 3. The minimum atomic E-state index is -0.596. The third kappa shape index (κ3) is 7.49. The van der Waals surface area contributed by atoms with Gasteiger partial charge in [-0.15, -0.1) is 0 Å². The minimum Gasteiger partial charge on any atom is -0.455 e. The Hall–Kier alpha value is -8.20. The minimum absolute atomic E-state index is 0.0631. The van der Waals surface area contributed by atoms with Crippen molar-refractivity contribution in [1.82, 2.24) is 0 Å². The molecule has 0 unspecified atom stereocenters. The van der Waals surface area contributed by atoms with Crippen LogP contribution < -0.4 is 4.90 Å². The van der Waals surface area contributed by atoms with Gasteiger partial charge in [0.1, 0.15) is 11.2 Å². The van der Waals surface area contributed by atoms with Crippen molar-refractivity contribution in [3.05, 3.63) is 270 Å². The Bertz CT molecular complexity index is 3680. The molecule has 12 rings (SSSR count). The summed E-state index contributed by atoms with van der Waals surface area (Å²) in [5, 5.41) is 2.26. The fraction of sp³-hybridized carbons (Fsp3) is 0.130. The van der Waals surface area contributed by atoms with Crippen LogP contribution in [0.3, 0.4) is 0 Å². The van der Waals surface area contributed by atoms with Gasteiger partial charge in [0.15, 0.2) is 0 Å². The number of fused-ring (bicyclic) bond motifs is 6. The van der Waals surface area contributed by atoms with E-state index in [9.17, 15) is 0 Å². The van der Waals surface area contributed by atoms with Crippen molar-refractivity contribution in [2.24, 2.45) is 0 Å². The second-order valence-electron chi connectivity index (χ2n) is 21.3. The molecule has 0 spiro atoms. The molecule has 1 heterocycles. The number of benzene rings is 10. The Morgan fingerprint density at radius 1 is 0.366 bits per heavy atom. The average Bonchev–Trinajstić information content (AvgIpc) is 3.94. The predicted octanol–water partition coefficient (Wildman–Crippen LogP) is 19.0. The summed E-state index contributed by atoms with van der Waals surface area (Å²) in [6.45, 7) is 14.0. The molecule has 344 valence electrons. The zero-order valence-electron chi connectivity index (χ0n) is 41.4. The van der Waals surface area contributed by atoms with E-state index in [2.05, 4.69) is 277 Å². The molecular weight excluding hydrogens is 859 g/mol. The summed E-state index contributed by atoms with van der Waals surface area (Å²) >= 11 is 0. The monoisotopic (exact) mass is 915 g/mol. The highest BCUT2D eigenvalue weighted by Crippen LogP contribution is 2.61. The number of furan rings is 1.